The third kappa shape index (κ3) is 19.7. The Hall–Kier alpha value is -4.38. The Labute approximate surface area is 652 Å². The molecule has 0 spiro atoms. The van der Waals surface area contributed by atoms with Gasteiger partial charge in [-0.25, -0.2) is 31.3 Å². The number of phosphoric acid groups is 3. The average molecular weight is 1710 g/mol. The minimum Gasteiger partial charge on any atom is -0.394 e. The van der Waals surface area contributed by atoms with Crippen LogP contribution in [0.15, 0.2) is 104 Å². The lowest BCUT2D eigenvalue weighted by Crippen LogP contribution is -2.26. The van der Waals surface area contributed by atoms with Gasteiger partial charge in [0.15, 0.2) is 0 Å². The number of thiophene rings is 5. The zero-order valence-electron chi connectivity index (χ0n) is 59.3. The first-order valence-electron chi connectivity index (χ1n) is 34.4. The zero-order valence-corrected chi connectivity index (χ0v) is 68.5. The summed E-state index contributed by atoms with van der Waals surface area (Å²) < 4.78 is 143. The molecule has 5 aliphatic rings. The Balaban J connectivity index is 0.000000146. The number of rotatable bonds is 16. The summed E-state index contributed by atoms with van der Waals surface area (Å²) in [5, 5.41) is 40.9. The van der Waals surface area contributed by atoms with Gasteiger partial charge in [0.1, 0.15) is 85.2 Å². The van der Waals surface area contributed by atoms with E-state index < -0.39 is 72.8 Å². The van der Waals surface area contributed by atoms with Crippen LogP contribution >= 0.6 is 117 Å². The summed E-state index contributed by atoms with van der Waals surface area (Å²) >= 11 is 23.0. The van der Waals surface area contributed by atoms with Crippen molar-refractivity contribution in [2.75, 3.05) is 13.2 Å². The van der Waals surface area contributed by atoms with E-state index in [0.29, 0.717) is 62.7 Å². The van der Waals surface area contributed by atoms with E-state index in [0.717, 1.165) is 59.5 Å². The van der Waals surface area contributed by atoms with Crippen LogP contribution in [0.5, 0.6) is 0 Å². The molecule has 0 amide bonds. The van der Waals surface area contributed by atoms with Crippen LogP contribution < -0.4 is 11.1 Å². The molecule has 2 unspecified atom stereocenters. The van der Waals surface area contributed by atoms with E-state index in [2.05, 4.69) is 54.7 Å². The molecule has 40 heteroatoms. The second-order valence-electron chi connectivity index (χ2n) is 25.8. The standard InChI is InChI=1S/C14H16FNO2S.C14H16FNOS2.C14H17NO2S.C12H15FNO12P3S2.C12H12FNO3S2.C2H6/c1-3-11-8(2)6-12(18-11)16-7-10(15)9-4-5-19-13(9)14(16)17;1-3-11-8(2)6-12(17-11)16-7-10(15)9-4-5-19-13(9)14(16)18;1-3-11-9(2)8-12(17-11)15-6-4-10-5-7-18-13(10)14(15)16;13-7-4-14(12(30)11-6(7)1-2-31-11)10-3-8(15)9(24-10)5-23-28(19,20)26-29(21,22)25-27(16,17)18;13-7-4-14(10-3-8(16)9(5-15)17-10)12(18)11-6(7)1-2-19-11;1-2/h2*4-5,7-8,11-12H,3,6H2,1-2H3;4-7,9,11-12H,3,8H2,1-2H3;1-2,4,8-10,15H,3,5H2,(H,19,20)(H,21,22)(H2,16,17,18);1-2,4,8-10,15-16H,3,5H2;1-2H3/t2*8-,11-,12-;9-,11-,12-;2*8-,9-,10-;/m11111./s1. The van der Waals surface area contributed by atoms with Crippen molar-refractivity contribution in [1.82, 2.24) is 22.8 Å². The molecule has 17 atom stereocenters. The van der Waals surface area contributed by atoms with Gasteiger partial charge in [0.2, 0.25) is 0 Å². The lowest BCUT2D eigenvalue weighted by atomic mass is 10.0. The van der Waals surface area contributed by atoms with Crippen molar-refractivity contribution in [3.8, 4) is 0 Å². The van der Waals surface area contributed by atoms with Crippen LogP contribution in [0.2, 0.25) is 0 Å². The van der Waals surface area contributed by atoms with Gasteiger partial charge in [0, 0.05) is 65.4 Å². The van der Waals surface area contributed by atoms with Crippen LogP contribution in [-0.4, -0.2) is 114 Å². The van der Waals surface area contributed by atoms with Crippen molar-refractivity contribution in [2.45, 2.75) is 181 Å². The predicted molar refractivity (Wildman–Crippen MR) is 415 cm³/mol. The van der Waals surface area contributed by atoms with Gasteiger partial charge in [-0.3, -0.25) is 23.2 Å². The molecular formula is C68H82F4N5O20P3S8. The molecule has 0 aromatic carbocycles. The summed E-state index contributed by atoms with van der Waals surface area (Å²) in [7, 11) is -16.6. The van der Waals surface area contributed by atoms with E-state index in [-0.39, 0.29) is 89.7 Å². The van der Waals surface area contributed by atoms with E-state index in [9.17, 15) is 56.0 Å². The van der Waals surface area contributed by atoms with Crippen LogP contribution in [0.3, 0.4) is 0 Å². The van der Waals surface area contributed by atoms with Crippen molar-refractivity contribution < 1.29 is 103 Å². The number of aliphatic hydroxyl groups is 3. The number of pyridine rings is 5. The number of hydrogen-bond acceptors (Lipinski definition) is 24. The van der Waals surface area contributed by atoms with Crippen molar-refractivity contribution in [3.05, 3.63) is 152 Å². The maximum Gasteiger partial charge on any atom is 0.490 e. The molecule has 0 radical (unpaired) electrons. The molecule has 10 aromatic heterocycles. The minimum absolute atomic E-state index is 0.0800. The SMILES string of the molecule is CC.CC[C@H]1O[C@@H](n2cc(F)c3ccsc3c2=O)C[C@H]1C.CC[C@H]1O[C@@H](n2cc(F)c3ccsc3c2=S)C[C@H]1C.CC[C@H]1O[C@@H](n2ccc3ccsc3c2=O)C[C@H]1C.O=P(O)(O)OP(=O)(O)OP(=O)(O)OC[C@H]1O[C@@H](n2cc(F)c3ccsc3c2=S)C[C@H]1O.OC[C@H]1O[C@@H](n2cc(F)c3ccsc3c2=S)C[C@H]1O. The summed E-state index contributed by atoms with van der Waals surface area (Å²) in [6, 6.07) is 10.7. The second-order valence-corrected chi connectivity index (χ2v) is 36.0. The molecule has 15 rings (SSSR count). The smallest absolute Gasteiger partial charge is 0.394 e. The van der Waals surface area contributed by atoms with Crippen LogP contribution in [0, 0.1) is 54.9 Å². The van der Waals surface area contributed by atoms with Gasteiger partial charge >= 0.3 is 23.5 Å². The van der Waals surface area contributed by atoms with Gasteiger partial charge in [0.25, 0.3) is 11.1 Å². The van der Waals surface area contributed by atoms with E-state index in [4.69, 9.17) is 80.1 Å². The van der Waals surface area contributed by atoms with Crippen molar-refractivity contribution in [3.63, 3.8) is 0 Å². The topological polar surface area (TPSA) is 325 Å². The maximum atomic E-state index is 14.3. The van der Waals surface area contributed by atoms with Gasteiger partial charge in [-0.1, -0.05) is 92.0 Å². The van der Waals surface area contributed by atoms with Crippen LogP contribution in [0.4, 0.5) is 17.6 Å². The molecule has 5 aliphatic heterocycles. The van der Waals surface area contributed by atoms with Crippen LogP contribution in [0.25, 0.3) is 50.4 Å². The van der Waals surface area contributed by atoms with E-state index in [1.165, 1.54) is 89.0 Å². The lowest BCUT2D eigenvalue weighted by molar-refractivity contribution is -0.0449. The van der Waals surface area contributed by atoms with Gasteiger partial charge in [0.05, 0.1) is 62.5 Å². The van der Waals surface area contributed by atoms with Gasteiger partial charge in [-0.15, -0.1) is 56.7 Å². The summed E-state index contributed by atoms with van der Waals surface area (Å²) in [4.78, 5) is 60.3. The highest BCUT2D eigenvalue weighted by Crippen LogP contribution is 2.66. The summed E-state index contributed by atoms with van der Waals surface area (Å²) in [5.41, 5.74) is -0.0724. The fraction of sp³-hybridized carbons (Fsp3) is 0.485. The Morgan fingerprint density at radius 2 is 0.796 bits per heavy atom. The van der Waals surface area contributed by atoms with E-state index in [1.54, 1.807) is 49.5 Å². The highest BCUT2D eigenvalue weighted by Gasteiger charge is 2.44. The molecule has 25 nitrogen and oxygen atoms in total. The third-order valence-corrected chi connectivity index (χ3v) is 28.8. The fourth-order valence-corrected chi connectivity index (χ4v) is 21.8. The van der Waals surface area contributed by atoms with Gasteiger partial charge in [-0.2, -0.15) is 8.62 Å². The summed E-state index contributed by atoms with van der Waals surface area (Å²) in [5.74, 6) is -0.114. The first-order chi connectivity index (χ1) is 51.2. The highest BCUT2D eigenvalue weighted by molar-refractivity contribution is 7.72. The Bertz CT molecular complexity index is 5000. The summed E-state index contributed by atoms with van der Waals surface area (Å²) in [6.07, 6.45) is 7.42. The van der Waals surface area contributed by atoms with Crippen LogP contribution in [0.1, 0.15) is 138 Å². The van der Waals surface area contributed by atoms with Crippen molar-refractivity contribution >= 4 is 167 Å². The minimum atomic E-state index is -5.66. The van der Waals surface area contributed by atoms with Gasteiger partial charge < -0.3 is 72.3 Å². The molecule has 0 bridgehead atoms. The molecule has 5 saturated heterocycles. The first-order valence-corrected chi connectivity index (χ1v) is 44.6. The molecule has 0 saturated carbocycles. The Morgan fingerprint density at radius 1 is 0.463 bits per heavy atom. The molecule has 7 N–H and O–H groups in total. The number of fused-ring (bicyclic) bond motifs is 5. The number of ether oxygens (including phenoxy) is 5. The number of aromatic nitrogens is 5. The molecule has 10 aromatic rings. The number of hydrogen-bond donors (Lipinski definition) is 7. The average Bonchev–Trinajstić information content (AvgIpc) is 1.62. The molecular weight excluding hydrogens is 1630 g/mol. The Morgan fingerprint density at radius 3 is 1.19 bits per heavy atom. The van der Waals surface area contributed by atoms with Crippen molar-refractivity contribution in [1.29, 1.82) is 0 Å². The van der Waals surface area contributed by atoms with E-state index in [1.807, 2.05) is 42.9 Å². The largest absolute Gasteiger partial charge is 0.490 e. The number of phosphoric ester groups is 1. The Kier molecular flexibility index (Phi) is 29.3. The molecule has 15 heterocycles. The molecule has 5 fully saturated rings. The number of aliphatic hydroxyl groups excluding tert-OH is 3. The maximum absolute atomic E-state index is 14.3. The van der Waals surface area contributed by atoms with Crippen LogP contribution in [-0.2, 0) is 50.5 Å². The molecule has 0 aliphatic carbocycles. The number of halogens is 4. The quantitative estimate of drug-likeness (QED) is 0.0268. The molecule has 108 heavy (non-hydrogen) atoms. The second kappa shape index (κ2) is 36.8. The molecule has 590 valence electrons. The van der Waals surface area contributed by atoms with Gasteiger partial charge in [-0.05, 0) is 125 Å². The normalized spacial score (nSPS) is 26.6. The monoisotopic (exact) mass is 1710 g/mol. The third-order valence-electron chi connectivity index (χ3n) is 18.7. The lowest BCUT2D eigenvalue weighted by Gasteiger charge is -2.20. The first kappa shape index (κ1) is 86.0. The van der Waals surface area contributed by atoms with Crippen molar-refractivity contribution in [2.24, 2.45) is 17.8 Å². The van der Waals surface area contributed by atoms with E-state index >= 15 is 0 Å². The number of nitrogens with zero attached hydrogens (tertiary/aromatic N) is 5. The fourth-order valence-electron chi connectivity index (χ4n) is 13.3. The highest BCUT2D eigenvalue weighted by atomic mass is 32.1. The zero-order chi connectivity index (χ0) is 78.6. The summed E-state index contributed by atoms with van der Waals surface area (Å²) in [6.45, 7) is 15.7. The predicted octanol–water partition coefficient (Wildman–Crippen LogP) is 17.6.